The Balaban J connectivity index is 1.60. The van der Waals surface area contributed by atoms with Gasteiger partial charge < -0.3 is 10.3 Å². The average Bonchev–Trinajstić information content (AvgIpc) is 2.76. The van der Waals surface area contributed by atoms with Gasteiger partial charge in [0.25, 0.3) is 0 Å². The van der Waals surface area contributed by atoms with E-state index in [9.17, 15) is 0 Å². The Hall–Kier alpha value is -1.06. The lowest BCUT2D eigenvalue weighted by molar-refractivity contribution is 0.314. The largest absolute Gasteiger partial charge is 0.319 e. The third-order valence-electron chi connectivity index (χ3n) is 3.73. The van der Waals surface area contributed by atoms with Crippen LogP contribution in [0.25, 0.3) is 0 Å². The minimum absolute atomic E-state index is 0.862. The van der Waals surface area contributed by atoms with Gasteiger partial charge in [-0.25, -0.2) is 5.01 Å². The van der Waals surface area contributed by atoms with Crippen LogP contribution in [0.2, 0.25) is 0 Å². The zero-order chi connectivity index (χ0) is 11.0. The first-order valence-electron chi connectivity index (χ1n) is 6.06. The molecule has 0 bridgehead atoms. The fourth-order valence-electron chi connectivity index (χ4n) is 3.01. The molecule has 0 amide bonds. The second-order valence-corrected chi connectivity index (χ2v) is 5.12. The summed E-state index contributed by atoms with van der Waals surface area (Å²) in [5, 5.41) is 2.37. The van der Waals surface area contributed by atoms with E-state index in [0.717, 1.165) is 11.8 Å². The predicted molar refractivity (Wildman–Crippen MR) is 66.1 cm³/mol. The molecule has 3 heteroatoms. The van der Waals surface area contributed by atoms with Gasteiger partial charge in [0.15, 0.2) is 0 Å². The number of rotatable bonds is 2. The summed E-state index contributed by atoms with van der Waals surface area (Å²) in [6, 6.07) is 10.5. The lowest BCUT2D eigenvalue weighted by Crippen LogP contribution is -2.31. The highest BCUT2D eigenvalue weighted by atomic mass is 15.5. The molecule has 2 heterocycles. The number of fused-ring (bicyclic) bond motifs is 1. The summed E-state index contributed by atoms with van der Waals surface area (Å²) in [6.07, 6.45) is 0. The highest BCUT2D eigenvalue weighted by Crippen LogP contribution is 2.30. The van der Waals surface area contributed by atoms with Gasteiger partial charge in [-0.1, -0.05) is 18.2 Å². The van der Waals surface area contributed by atoms with Crippen molar-refractivity contribution in [3.8, 4) is 0 Å². The number of hydrazine groups is 1. The molecular weight excluding hydrogens is 198 g/mol. The maximum Gasteiger partial charge on any atom is 0.0490 e. The lowest BCUT2D eigenvalue weighted by atomic mass is 10.0. The van der Waals surface area contributed by atoms with Crippen molar-refractivity contribution in [2.24, 2.45) is 11.8 Å². The van der Waals surface area contributed by atoms with Crippen LogP contribution in [0.1, 0.15) is 0 Å². The molecule has 1 aromatic carbocycles. The van der Waals surface area contributed by atoms with E-state index in [-0.39, 0.29) is 0 Å². The van der Waals surface area contributed by atoms with E-state index in [4.69, 9.17) is 0 Å². The van der Waals surface area contributed by atoms with E-state index >= 15 is 0 Å². The molecule has 0 aromatic heterocycles. The van der Waals surface area contributed by atoms with Crippen molar-refractivity contribution < 1.29 is 0 Å². The average molecular weight is 217 g/mol. The molecule has 3 rings (SSSR count). The van der Waals surface area contributed by atoms with Gasteiger partial charge in [-0.15, -0.1) is 0 Å². The molecule has 2 saturated heterocycles. The van der Waals surface area contributed by atoms with Gasteiger partial charge in [-0.3, -0.25) is 0 Å². The number of likely N-dealkylation sites (tertiary alicyclic amines) is 1. The minimum Gasteiger partial charge on any atom is -0.319 e. The molecule has 2 fully saturated rings. The highest BCUT2D eigenvalue weighted by Gasteiger charge is 2.38. The van der Waals surface area contributed by atoms with Gasteiger partial charge in [0.05, 0.1) is 0 Å². The van der Waals surface area contributed by atoms with Crippen LogP contribution in [0.15, 0.2) is 30.3 Å². The second kappa shape index (κ2) is 4.07. The molecule has 2 aliphatic rings. The van der Waals surface area contributed by atoms with Crippen molar-refractivity contribution in [2.75, 3.05) is 38.7 Å². The molecule has 1 aromatic rings. The van der Waals surface area contributed by atoms with E-state index in [1.54, 1.807) is 0 Å². The molecule has 1 N–H and O–H groups in total. The maximum atomic E-state index is 3.50. The smallest absolute Gasteiger partial charge is 0.0490 e. The van der Waals surface area contributed by atoms with Gasteiger partial charge in [-0.05, 0) is 31.0 Å². The van der Waals surface area contributed by atoms with Gasteiger partial charge in [0, 0.05) is 31.9 Å². The van der Waals surface area contributed by atoms with Crippen LogP contribution < -0.4 is 5.43 Å². The molecule has 0 radical (unpaired) electrons. The first-order chi connectivity index (χ1) is 7.81. The summed E-state index contributed by atoms with van der Waals surface area (Å²) in [5.41, 5.74) is 4.70. The van der Waals surface area contributed by atoms with Crippen LogP contribution >= 0.6 is 0 Å². The number of nitrogens with one attached hydrogen (secondary N) is 1. The van der Waals surface area contributed by atoms with Gasteiger partial charge >= 0.3 is 0 Å². The fourth-order valence-corrected chi connectivity index (χ4v) is 3.01. The second-order valence-electron chi connectivity index (χ2n) is 5.12. The topological polar surface area (TPSA) is 18.5 Å². The third kappa shape index (κ3) is 1.93. The predicted octanol–water partition coefficient (Wildman–Crippen LogP) is 1.51. The Bertz CT molecular complexity index is 337. The van der Waals surface area contributed by atoms with E-state index in [1.807, 2.05) is 0 Å². The summed E-state index contributed by atoms with van der Waals surface area (Å²) in [7, 11) is 2.23. The number of nitrogens with zero attached hydrogens (tertiary/aromatic N) is 2. The molecular formula is C13H19N3. The zero-order valence-electron chi connectivity index (χ0n) is 9.76. The molecule has 0 saturated carbocycles. The third-order valence-corrected chi connectivity index (χ3v) is 3.73. The Kier molecular flexibility index (Phi) is 2.58. The van der Waals surface area contributed by atoms with Crippen molar-refractivity contribution >= 4 is 5.69 Å². The van der Waals surface area contributed by atoms with Crippen LogP contribution in [0.3, 0.4) is 0 Å². The number of hydrogen-bond acceptors (Lipinski definition) is 3. The Morgan fingerprint density at radius 2 is 1.62 bits per heavy atom. The Labute approximate surface area is 97.0 Å². The molecule has 2 aliphatic heterocycles. The summed E-state index contributed by atoms with van der Waals surface area (Å²) >= 11 is 0. The van der Waals surface area contributed by atoms with Crippen LogP contribution in [0.4, 0.5) is 5.69 Å². The normalized spacial score (nSPS) is 30.6. The van der Waals surface area contributed by atoms with Crippen LogP contribution in [0, 0.1) is 11.8 Å². The monoisotopic (exact) mass is 217 g/mol. The highest BCUT2D eigenvalue weighted by molar-refractivity contribution is 5.41. The first-order valence-corrected chi connectivity index (χ1v) is 6.06. The number of para-hydroxylation sites is 1. The van der Waals surface area contributed by atoms with E-state index in [2.05, 4.69) is 52.7 Å². The van der Waals surface area contributed by atoms with E-state index < -0.39 is 0 Å². The van der Waals surface area contributed by atoms with Gasteiger partial charge in [0.2, 0.25) is 0 Å². The first kappa shape index (κ1) is 10.1. The molecule has 0 spiro atoms. The minimum atomic E-state index is 0.862. The molecule has 2 unspecified atom stereocenters. The van der Waals surface area contributed by atoms with Crippen molar-refractivity contribution in [1.29, 1.82) is 0 Å². The number of benzene rings is 1. The summed E-state index contributed by atoms with van der Waals surface area (Å²) in [5.74, 6) is 1.72. The van der Waals surface area contributed by atoms with Crippen molar-refractivity contribution in [3.05, 3.63) is 30.3 Å². The zero-order valence-corrected chi connectivity index (χ0v) is 9.76. The van der Waals surface area contributed by atoms with Crippen LogP contribution in [-0.2, 0) is 0 Å². The number of anilines is 1. The molecule has 16 heavy (non-hydrogen) atoms. The summed E-state index contributed by atoms with van der Waals surface area (Å²) < 4.78 is 0. The molecule has 86 valence electrons. The van der Waals surface area contributed by atoms with Crippen molar-refractivity contribution in [1.82, 2.24) is 9.91 Å². The van der Waals surface area contributed by atoms with Gasteiger partial charge in [-0.2, -0.15) is 0 Å². The van der Waals surface area contributed by atoms with Crippen molar-refractivity contribution in [2.45, 2.75) is 0 Å². The standard InChI is InChI=1S/C13H19N3/c1-15-7-11-9-16(10-12(11)8-15)14-13-5-3-2-4-6-13/h2-6,11-12,14H,7-10H2,1H3. The molecule has 3 nitrogen and oxygen atoms in total. The molecule has 2 atom stereocenters. The lowest BCUT2D eigenvalue weighted by Gasteiger charge is -2.21. The summed E-state index contributed by atoms with van der Waals surface area (Å²) in [6.45, 7) is 4.89. The fraction of sp³-hybridized carbons (Fsp3) is 0.538. The van der Waals surface area contributed by atoms with Crippen LogP contribution in [0.5, 0.6) is 0 Å². The van der Waals surface area contributed by atoms with Crippen LogP contribution in [-0.4, -0.2) is 43.1 Å². The summed E-state index contributed by atoms with van der Waals surface area (Å²) in [4.78, 5) is 2.45. The Morgan fingerprint density at radius 1 is 1.00 bits per heavy atom. The molecule has 0 aliphatic carbocycles. The maximum absolute atomic E-state index is 3.50. The van der Waals surface area contributed by atoms with E-state index in [0.29, 0.717) is 0 Å². The number of hydrogen-bond donors (Lipinski definition) is 1. The van der Waals surface area contributed by atoms with E-state index in [1.165, 1.54) is 31.9 Å². The van der Waals surface area contributed by atoms with Crippen molar-refractivity contribution in [3.63, 3.8) is 0 Å². The quantitative estimate of drug-likeness (QED) is 0.810. The SMILES string of the molecule is CN1CC2CN(Nc3ccccc3)CC2C1. The van der Waals surface area contributed by atoms with Gasteiger partial charge in [0.1, 0.15) is 0 Å². The Morgan fingerprint density at radius 3 is 2.25 bits per heavy atom.